The summed E-state index contributed by atoms with van der Waals surface area (Å²) < 4.78 is 30.0. The number of phenolic OH excluding ortho intramolecular Hbond substituents is 1. The van der Waals surface area contributed by atoms with Crippen molar-refractivity contribution in [1.82, 2.24) is 14.9 Å². The first-order valence-corrected chi connectivity index (χ1v) is 10.00. The van der Waals surface area contributed by atoms with Gasteiger partial charge in [-0.3, -0.25) is 4.79 Å². The quantitative estimate of drug-likeness (QED) is 0.616. The third-order valence-electron chi connectivity index (χ3n) is 5.28. The van der Waals surface area contributed by atoms with Gasteiger partial charge in [0, 0.05) is 37.1 Å². The van der Waals surface area contributed by atoms with E-state index in [2.05, 4.69) is 16.5 Å². The lowest BCUT2D eigenvalue weighted by Crippen LogP contribution is -2.48. The maximum absolute atomic E-state index is 15.6. The second kappa shape index (κ2) is 8.11. The molecule has 6 nitrogen and oxygen atoms in total. The van der Waals surface area contributed by atoms with Gasteiger partial charge in [-0.05, 0) is 31.2 Å². The van der Waals surface area contributed by atoms with Crippen LogP contribution in [0.1, 0.15) is 5.82 Å². The summed E-state index contributed by atoms with van der Waals surface area (Å²) >= 11 is 6.37. The van der Waals surface area contributed by atoms with Crippen LogP contribution in [0.4, 0.5) is 14.6 Å². The number of hydrogen-bond donors (Lipinski definition) is 1. The highest BCUT2D eigenvalue weighted by Crippen LogP contribution is 2.42. The van der Waals surface area contributed by atoms with Crippen LogP contribution in [0, 0.1) is 18.6 Å². The minimum atomic E-state index is -0.838. The predicted molar refractivity (Wildman–Crippen MR) is 115 cm³/mol. The largest absolute Gasteiger partial charge is 0.507 e. The van der Waals surface area contributed by atoms with E-state index < -0.39 is 17.4 Å². The SMILES string of the molecule is C=CC(=O)N1CCN(c2nc(C)nc3c(F)c(-c4c(O)cccc4F)c(Cl)cc23)CC1. The number of rotatable bonds is 3. The lowest BCUT2D eigenvalue weighted by atomic mass is 10.0. The van der Waals surface area contributed by atoms with Crippen LogP contribution in [0.5, 0.6) is 5.75 Å². The van der Waals surface area contributed by atoms with Gasteiger partial charge >= 0.3 is 0 Å². The van der Waals surface area contributed by atoms with Crippen molar-refractivity contribution < 1.29 is 18.7 Å². The summed E-state index contributed by atoms with van der Waals surface area (Å²) in [5, 5.41) is 10.4. The molecule has 1 aromatic heterocycles. The number of aryl methyl sites for hydroxylation is 1. The second-order valence-corrected chi connectivity index (χ2v) is 7.60. The van der Waals surface area contributed by atoms with E-state index in [1.807, 2.05) is 4.90 Å². The first-order valence-electron chi connectivity index (χ1n) is 9.62. The number of carbonyl (C=O) groups excluding carboxylic acids is 1. The normalized spacial score (nSPS) is 14.2. The fraction of sp³-hybridized carbons (Fsp3) is 0.227. The second-order valence-electron chi connectivity index (χ2n) is 7.19. The van der Waals surface area contributed by atoms with Crippen LogP contribution in [0.2, 0.25) is 5.02 Å². The van der Waals surface area contributed by atoms with E-state index in [-0.39, 0.29) is 27.6 Å². The number of hydrogen-bond acceptors (Lipinski definition) is 5. The summed E-state index contributed by atoms with van der Waals surface area (Å²) in [5.41, 5.74) is -0.592. The number of aromatic hydroxyl groups is 1. The van der Waals surface area contributed by atoms with Crippen molar-refractivity contribution in [2.45, 2.75) is 6.92 Å². The topological polar surface area (TPSA) is 69.6 Å². The van der Waals surface area contributed by atoms with Gasteiger partial charge in [-0.25, -0.2) is 18.7 Å². The standard InChI is InChI=1S/C22H19ClF2N4O2/c1-3-17(31)28-7-9-29(10-8-28)22-13-11-14(23)18(19-15(24)5-4-6-16(19)30)20(25)21(13)26-12(2)27-22/h3-6,11,30H,1,7-10H2,2H3. The molecule has 160 valence electrons. The summed E-state index contributed by atoms with van der Waals surface area (Å²) in [7, 11) is 0. The van der Waals surface area contributed by atoms with E-state index in [4.69, 9.17) is 11.6 Å². The van der Waals surface area contributed by atoms with Gasteiger partial charge in [-0.15, -0.1) is 0 Å². The van der Waals surface area contributed by atoms with E-state index in [0.29, 0.717) is 43.2 Å². The molecule has 1 fully saturated rings. The molecule has 0 aliphatic carbocycles. The van der Waals surface area contributed by atoms with Crippen LogP contribution in [-0.4, -0.2) is 52.1 Å². The van der Waals surface area contributed by atoms with Gasteiger partial charge in [0.25, 0.3) is 0 Å². The molecule has 2 aromatic carbocycles. The molecular formula is C22H19ClF2N4O2. The Morgan fingerprint density at radius 3 is 2.55 bits per heavy atom. The van der Waals surface area contributed by atoms with Gasteiger partial charge < -0.3 is 14.9 Å². The molecule has 31 heavy (non-hydrogen) atoms. The molecule has 4 rings (SSSR count). The average Bonchev–Trinajstić information content (AvgIpc) is 2.75. The van der Waals surface area contributed by atoms with Crippen molar-refractivity contribution in [3.05, 3.63) is 59.4 Å². The lowest BCUT2D eigenvalue weighted by Gasteiger charge is -2.35. The van der Waals surface area contributed by atoms with Crippen LogP contribution in [0.3, 0.4) is 0 Å². The Kier molecular flexibility index (Phi) is 5.49. The van der Waals surface area contributed by atoms with E-state index >= 15 is 4.39 Å². The van der Waals surface area contributed by atoms with Crippen LogP contribution in [0.25, 0.3) is 22.0 Å². The summed E-state index contributed by atoms with van der Waals surface area (Å²) in [6, 6.07) is 5.19. The minimum Gasteiger partial charge on any atom is -0.507 e. The Balaban J connectivity index is 1.84. The highest BCUT2D eigenvalue weighted by Gasteiger charge is 2.26. The third kappa shape index (κ3) is 3.67. The molecule has 3 aromatic rings. The summed E-state index contributed by atoms with van der Waals surface area (Å²) in [6.45, 7) is 7.04. The Morgan fingerprint density at radius 2 is 1.90 bits per heavy atom. The van der Waals surface area contributed by atoms with Crippen molar-refractivity contribution in [3.63, 3.8) is 0 Å². The van der Waals surface area contributed by atoms with Crippen LogP contribution in [0.15, 0.2) is 36.9 Å². The molecule has 0 unspecified atom stereocenters. The molecule has 0 atom stereocenters. The summed E-state index contributed by atoms with van der Waals surface area (Å²) in [6.07, 6.45) is 1.27. The molecule has 9 heteroatoms. The molecule has 1 saturated heterocycles. The maximum atomic E-state index is 15.6. The van der Waals surface area contributed by atoms with Crippen LogP contribution in [-0.2, 0) is 4.79 Å². The highest BCUT2D eigenvalue weighted by atomic mass is 35.5. The Bertz CT molecular complexity index is 1190. The zero-order chi connectivity index (χ0) is 22.3. The Morgan fingerprint density at radius 1 is 1.19 bits per heavy atom. The Hall–Kier alpha value is -3.26. The molecule has 1 N–H and O–H groups in total. The van der Waals surface area contributed by atoms with Crippen LogP contribution < -0.4 is 4.90 Å². The van der Waals surface area contributed by atoms with Gasteiger partial charge in [0.05, 0.1) is 10.6 Å². The number of piperazine rings is 1. The Labute approximate surface area is 182 Å². The molecule has 0 spiro atoms. The van der Waals surface area contributed by atoms with Gasteiger partial charge in [-0.2, -0.15) is 0 Å². The summed E-state index contributed by atoms with van der Waals surface area (Å²) in [4.78, 5) is 24.1. The molecule has 2 heterocycles. The van der Waals surface area contributed by atoms with Gasteiger partial charge in [0.1, 0.15) is 28.7 Å². The third-order valence-corrected chi connectivity index (χ3v) is 5.58. The van der Waals surface area contributed by atoms with Gasteiger partial charge in [0.2, 0.25) is 5.91 Å². The lowest BCUT2D eigenvalue weighted by molar-refractivity contribution is -0.126. The molecule has 1 aliphatic heterocycles. The first kappa shape index (κ1) is 21.0. The molecule has 0 radical (unpaired) electrons. The number of benzene rings is 2. The first-order chi connectivity index (χ1) is 14.8. The van der Waals surface area contributed by atoms with Crippen molar-refractivity contribution in [2.75, 3.05) is 31.1 Å². The maximum Gasteiger partial charge on any atom is 0.246 e. The van der Waals surface area contributed by atoms with Crippen molar-refractivity contribution in [3.8, 4) is 16.9 Å². The smallest absolute Gasteiger partial charge is 0.246 e. The zero-order valence-corrected chi connectivity index (χ0v) is 17.5. The minimum absolute atomic E-state index is 0.0193. The van der Waals surface area contributed by atoms with Gasteiger partial charge in [0.15, 0.2) is 5.82 Å². The number of phenols is 1. The highest BCUT2D eigenvalue weighted by molar-refractivity contribution is 6.34. The van der Waals surface area contributed by atoms with Crippen LogP contribution >= 0.6 is 11.6 Å². The molecular weight excluding hydrogens is 426 g/mol. The van der Waals surface area contributed by atoms with E-state index in [0.717, 1.165) is 6.07 Å². The van der Waals surface area contributed by atoms with Crippen molar-refractivity contribution >= 4 is 34.2 Å². The monoisotopic (exact) mass is 444 g/mol. The number of aromatic nitrogens is 2. The number of halogens is 3. The molecule has 0 bridgehead atoms. The zero-order valence-electron chi connectivity index (χ0n) is 16.7. The van der Waals surface area contributed by atoms with E-state index in [1.54, 1.807) is 11.8 Å². The summed E-state index contributed by atoms with van der Waals surface area (Å²) in [5.74, 6) is -1.39. The number of nitrogens with zero attached hydrogens (tertiary/aromatic N) is 4. The van der Waals surface area contributed by atoms with Crippen molar-refractivity contribution in [1.29, 1.82) is 0 Å². The molecule has 1 amide bonds. The average molecular weight is 445 g/mol. The number of fused-ring (bicyclic) bond motifs is 1. The molecule has 1 aliphatic rings. The predicted octanol–water partition coefficient (Wildman–Crippen LogP) is 4.08. The number of amides is 1. The number of carbonyl (C=O) groups is 1. The fourth-order valence-electron chi connectivity index (χ4n) is 3.79. The van der Waals surface area contributed by atoms with E-state index in [9.17, 15) is 14.3 Å². The van der Waals surface area contributed by atoms with Crippen molar-refractivity contribution in [2.24, 2.45) is 0 Å². The van der Waals surface area contributed by atoms with Gasteiger partial charge in [-0.1, -0.05) is 24.2 Å². The van der Waals surface area contributed by atoms with E-state index in [1.165, 1.54) is 24.3 Å². The number of anilines is 1. The fourth-order valence-corrected chi connectivity index (χ4v) is 4.07. The molecule has 0 saturated carbocycles.